The first-order valence-corrected chi connectivity index (χ1v) is 4.81. The Morgan fingerprint density at radius 2 is 2.25 bits per heavy atom. The predicted octanol–water partition coefficient (Wildman–Crippen LogP) is 1.15. The maximum absolute atomic E-state index is 10.7. The van der Waals surface area contributed by atoms with Gasteiger partial charge in [-0.25, -0.2) is 0 Å². The number of carbonyl (C=O) groups is 1. The predicted molar refractivity (Wildman–Crippen MR) is 45.8 cm³/mol. The molecule has 0 amide bonds. The summed E-state index contributed by atoms with van der Waals surface area (Å²) >= 11 is -2.18. The molecular formula is C7H14O4S. The van der Waals surface area contributed by atoms with E-state index in [1.165, 1.54) is 6.92 Å². The number of rotatable bonds is 6. The summed E-state index contributed by atoms with van der Waals surface area (Å²) in [6.45, 7) is 3.59. The van der Waals surface area contributed by atoms with Crippen molar-refractivity contribution >= 4 is 17.1 Å². The molecule has 0 aliphatic carbocycles. The van der Waals surface area contributed by atoms with Crippen LogP contribution in [0.5, 0.6) is 0 Å². The third-order valence-corrected chi connectivity index (χ3v) is 2.03. The van der Waals surface area contributed by atoms with Crippen LogP contribution >= 0.6 is 0 Å². The van der Waals surface area contributed by atoms with Crippen molar-refractivity contribution in [2.24, 2.45) is 5.92 Å². The Labute approximate surface area is 74.8 Å². The standard InChI is InChI=1S/C7H14O4S/c1-6(7(2)8)4-3-5-11-12(9)10/h6H,3-5H2,1-2H3,(H,9,10). The fourth-order valence-electron chi connectivity index (χ4n) is 0.723. The van der Waals surface area contributed by atoms with Crippen LogP contribution in [-0.2, 0) is 20.3 Å². The summed E-state index contributed by atoms with van der Waals surface area (Å²) in [6.07, 6.45) is 1.33. The van der Waals surface area contributed by atoms with E-state index in [2.05, 4.69) is 4.18 Å². The molecule has 0 spiro atoms. The third kappa shape index (κ3) is 6.45. The molecule has 0 rings (SSSR count). The van der Waals surface area contributed by atoms with Gasteiger partial charge in [0.2, 0.25) is 0 Å². The van der Waals surface area contributed by atoms with E-state index in [1.807, 2.05) is 6.92 Å². The second-order valence-electron chi connectivity index (χ2n) is 2.69. The maximum atomic E-state index is 10.7. The molecule has 1 N–H and O–H groups in total. The molecule has 2 unspecified atom stereocenters. The van der Waals surface area contributed by atoms with Crippen molar-refractivity contribution in [2.75, 3.05) is 6.61 Å². The molecule has 0 saturated carbocycles. The van der Waals surface area contributed by atoms with Crippen molar-refractivity contribution in [3.63, 3.8) is 0 Å². The van der Waals surface area contributed by atoms with Crippen molar-refractivity contribution in [1.29, 1.82) is 0 Å². The van der Waals surface area contributed by atoms with Crippen LogP contribution in [-0.4, -0.2) is 21.2 Å². The van der Waals surface area contributed by atoms with Crippen LogP contribution in [0.25, 0.3) is 0 Å². The Kier molecular flexibility index (Phi) is 6.14. The number of hydrogen-bond donors (Lipinski definition) is 1. The van der Waals surface area contributed by atoms with E-state index < -0.39 is 11.4 Å². The van der Waals surface area contributed by atoms with E-state index in [-0.39, 0.29) is 18.3 Å². The highest BCUT2D eigenvalue weighted by atomic mass is 32.2. The van der Waals surface area contributed by atoms with Crippen molar-refractivity contribution in [3.05, 3.63) is 0 Å². The zero-order valence-electron chi connectivity index (χ0n) is 7.28. The van der Waals surface area contributed by atoms with E-state index in [0.717, 1.165) is 0 Å². The second-order valence-corrected chi connectivity index (χ2v) is 3.36. The zero-order valence-corrected chi connectivity index (χ0v) is 8.10. The smallest absolute Gasteiger partial charge is 0.300 e. The summed E-state index contributed by atoms with van der Waals surface area (Å²) in [5, 5.41) is 0. The van der Waals surface area contributed by atoms with E-state index >= 15 is 0 Å². The molecule has 0 aliphatic heterocycles. The average Bonchev–Trinajstić information content (AvgIpc) is 1.97. The van der Waals surface area contributed by atoms with Gasteiger partial charge in [0.15, 0.2) is 0 Å². The summed E-state index contributed by atoms with van der Waals surface area (Å²) < 4.78 is 22.6. The van der Waals surface area contributed by atoms with Crippen molar-refractivity contribution in [1.82, 2.24) is 0 Å². The highest BCUT2D eigenvalue weighted by Crippen LogP contribution is 2.06. The lowest BCUT2D eigenvalue weighted by molar-refractivity contribution is -0.120. The molecule has 0 heterocycles. The van der Waals surface area contributed by atoms with Gasteiger partial charge in [-0.05, 0) is 19.8 Å². The molecule has 5 heteroatoms. The molecule has 0 aromatic carbocycles. The summed E-state index contributed by atoms with van der Waals surface area (Å²) in [7, 11) is 0. The van der Waals surface area contributed by atoms with Crippen LogP contribution < -0.4 is 0 Å². The zero-order chi connectivity index (χ0) is 9.56. The fourth-order valence-corrected chi connectivity index (χ4v) is 0.983. The van der Waals surface area contributed by atoms with E-state index in [1.54, 1.807) is 0 Å². The molecule has 0 aromatic rings. The highest BCUT2D eigenvalue weighted by molar-refractivity contribution is 7.74. The van der Waals surface area contributed by atoms with E-state index in [0.29, 0.717) is 12.8 Å². The SMILES string of the molecule is CC(=O)C(C)CCCOS(=O)O. The molecule has 0 bridgehead atoms. The van der Waals surface area contributed by atoms with Crippen molar-refractivity contribution < 1.29 is 17.7 Å². The molecule has 0 aromatic heterocycles. The lowest BCUT2D eigenvalue weighted by atomic mass is 10.0. The van der Waals surface area contributed by atoms with Crippen LogP contribution in [0.3, 0.4) is 0 Å². The van der Waals surface area contributed by atoms with Gasteiger partial charge < -0.3 is 0 Å². The molecule has 12 heavy (non-hydrogen) atoms. The number of carbonyl (C=O) groups excluding carboxylic acids is 1. The van der Waals surface area contributed by atoms with E-state index in [4.69, 9.17) is 4.55 Å². The van der Waals surface area contributed by atoms with Crippen LogP contribution in [0, 0.1) is 5.92 Å². The summed E-state index contributed by atoms with van der Waals surface area (Å²) in [5.74, 6) is 0.154. The highest BCUT2D eigenvalue weighted by Gasteiger charge is 2.06. The maximum Gasteiger partial charge on any atom is 0.301 e. The second kappa shape index (κ2) is 6.28. The fraction of sp³-hybridized carbons (Fsp3) is 0.857. The molecule has 0 saturated heterocycles. The monoisotopic (exact) mass is 194 g/mol. The summed E-state index contributed by atoms with van der Waals surface area (Å²) in [4.78, 5) is 10.7. The number of hydrogen-bond acceptors (Lipinski definition) is 3. The number of Topliss-reactive ketones (excluding diaryl/α,β-unsaturated/α-hetero) is 1. The Bertz CT molecular complexity index is 169. The third-order valence-electron chi connectivity index (χ3n) is 1.66. The van der Waals surface area contributed by atoms with Gasteiger partial charge in [-0.15, -0.1) is 0 Å². The average molecular weight is 194 g/mol. The molecule has 2 atom stereocenters. The Morgan fingerprint density at radius 1 is 1.67 bits per heavy atom. The van der Waals surface area contributed by atoms with Gasteiger partial charge in [0.05, 0.1) is 6.61 Å². The first-order chi connectivity index (χ1) is 5.54. The minimum absolute atomic E-state index is 0.0146. The summed E-state index contributed by atoms with van der Waals surface area (Å²) in [5.41, 5.74) is 0. The first kappa shape index (κ1) is 11.7. The molecule has 4 nitrogen and oxygen atoms in total. The van der Waals surface area contributed by atoms with Gasteiger partial charge in [0.25, 0.3) is 0 Å². The van der Waals surface area contributed by atoms with Crippen LogP contribution in [0.4, 0.5) is 0 Å². The quantitative estimate of drug-likeness (QED) is 0.509. The van der Waals surface area contributed by atoms with Gasteiger partial charge in [-0.1, -0.05) is 6.92 Å². The van der Waals surface area contributed by atoms with Crippen LogP contribution in [0.15, 0.2) is 0 Å². The largest absolute Gasteiger partial charge is 0.301 e. The van der Waals surface area contributed by atoms with Gasteiger partial charge in [-0.2, -0.15) is 4.21 Å². The van der Waals surface area contributed by atoms with Gasteiger partial charge in [0, 0.05) is 5.92 Å². The van der Waals surface area contributed by atoms with Crippen LogP contribution in [0.2, 0.25) is 0 Å². The van der Waals surface area contributed by atoms with Crippen molar-refractivity contribution in [2.45, 2.75) is 26.7 Å². The lowest BCUT2D eigenvalue weighted by Crippen LogP contribution is -2.07. The minimum Gasteiger partial charge on any atom is -0.300 e. The molecule has 0 aliphatic rings. The van der Waals surface area contributed by atoms with Crippen LogP contribution in [0.1, 0.15) is 26.7 Å². The molecular weight excluding hydrogens is 180 g/mol. The van der Waals surface area contributed by atoms with Gasteiger partial charge in [-0.3, -0.25) is 13.5 Å². The molecule has 72 valence electrons. The normalized spacial score (nSPS) is 15.6. The van der Waals surface area contributed by atoms with Crippen molar-refractivity contribution in [3.8, 4) is 0 Å². The number of ketones is 1. The van der Waals surface area contributed by atoms with Gasteiger partial charge >= 0.3 is 11.4 Å². The minimum atomic E-state index is -2.18. The first-order valence-electron chi connectivity index (χ1n) is 3.78. The van der Waals surface area contributed by atoms with Gasteiger partial charge in [0.1, 0.15) is 5.78 Å². The molecule has 0 fully saturated rings. The molecule has 0 radical (unpaired) electrons. The van der Waals surface area contributed by atoms with E-state index in [9.17, 15) is 9.00 Å². The Balaban J connectivity index is 3.31. The Hall–Kier alpha value is -0.260. The Morgan fingerprint density at radius 3 is 2.67 bits per heavy atom. The summed E-state index contributed by atoms with van der Waals surface area (Å²) in [6, 6.07) is 0. The lowest BCUT2D eigenvalue weighted by Gasteiger charge is -2.05. The topological polar surface area (TPSA) is 63.6 Å².